The minimum absolute atomic E-state index is 0.0843. The van der Waals surface area contributed by atoms with Crippen molar-refractivity contribution in [3.63, 3.8) is 0 Å². The number of ether oxygens (including phenoxy) is 1. The Morgan fingerprint density at radius 2 is 1.75 bits per heavy atom. The highest BCUT2D eigenvalue weighted by molar-refractivity contribution is 14.1. The first-order valence-corrected chi connectivity index (χ1v) is 14.9. The van der Waals surface area contributed by atoms with E-state index >= 15 is 0 Å². The van der Waals surface area contributed by atoms with Crippen molar-refractivity contribution in [2.45, 2.75) is 59.5 Å². The Hall–Kier alpha value is -2.62. The molecule has 0 spiro atoms. The topological polar surface area (TPSA) is 125 Å². The van der Waals surface area contributed by atoms with Crippen molar-refractivity contribution in [1.82, 2.24) is 9.88 Å². The third kappa shape index (κ3) is 6.81. The van der Waals surface area contributed by atoms with Crippen molar-refractivity contribution in [2.75, 3.05) is 30.4 Å². The Morgan fingerprint density at radius 3 is 2.25 bits per heavy atom. The zero-order chi connectivity index (χ0) is 29.9. The normalized spacial score (nSPS) is 12.2. The van der Waals surface area contributed by atoms with Crippen LogP contribution in [0.4, 0.5) is 16.5 Å². The van der Waals surface area contributed by atoms with Gasteiger partial charge < -0.3 is 24.5 Å². The van der Waals surface area contributed by atoms with E-state index in [0.717, 1.165) is 18.5 Å². The van der Waals surface area contributed by atoms with E-state index in [1.54, 1.807) is 51.8 Å². The number of anilines is 2. The molecule has 1 atom stereocenters. The molecule has 3 rings (SSSR count). The summed E-state index contributed by atoms with van der Waals surface area (Å²) in [6, 6.07) is 6.31. The number of carbonyl (C=O) groups excluding carboxylic acids is 1. The number of methoxy groups -OCH3 is 1. The van der Waals surface area contributed by atoms with Crippen LogP contribution in [0.15, 0.2) is 33.5 Å². The highest BCUT2D eigenvalue weighted by Crippen LogP contribution is 2.32. The molecule has 0 aliphatic carbocycles. The minimum Gasteiger partial charge on any atom is -0.495 e. The molecule has 2 N–H and O–H groups in total. The van der Waals surface area contributed by atoms with Crippen LogP contribution in [0.2, 0.25) is 0 Å². The lowest BCUT2D eigenvalue weighted by molar-refractivity contribution is -0.131. The molecule has 2 amide bonds. The molecule has 12 heteroatoms. The second-order valence-electron chi connectivity index (χ2n) is 10.2. The van der Waals surface area contributed by atoms with E-state index in [2.05, 4.69) is 55.5 Å². The molecule has 0 fully saturated rings. The lowest BCUT2D eigenvalue weighted by atomic mass is 10.0. The van der Waals surface area contributed by atoms with Gasteiger partial charge in [0.05, 0.1) is 30.8 Å². The van der Waals surface area contributed by atoms with Gasteiger partial charge in [0.2, 0.25) is 5.91 Å². The molecule has 0 saturated carbocycles. The number of nitrogens with one attached hydrogen (secondary N) is 1. The largest absolute Gasteiger partial charge is 0.495 e. The number of amides is 2. The fourth-order valence-corrected chi connectivity index (χ4v) is 6.97. The molecule has 10 nitrogen and oxygen atoms in total. The standard InChI is InChI=1S/C28H34I2N4O6/c1-8-33(9-2)24(35)20(14-16-12-17(29)23(39-7)18(30)13-16)32-26-31-19-10-11-21(15(3)22(19)25(36)40-26)34(27(37)38)28(4,5)6/h10-13,20H,8-9,14H2,1-7H3,(H,31,32)(H,37,38). The summed E-state index contributed by atoms with van der Waals surface area (Å²) in [5.41, 5.74) is 0.651. The van der Waals surface area contributed by atoms with Crippen LogP contribution >= 0.6 is 45.2 Å². The van der Waals surface area contributed by atoms with Crippen LogP contribution < -0.4 is 20.6 Å². The van der Waals surface area contributed by atoms with Crippen LogP contribution in [0, 0.1) is 14.1 Å². The lowest BCUT2D eigenvalue weighted by Gasteiger charge is -2.34. The van der Waals surface area contributed by atoms with Crippen LogP contribution in [0.25, 0.3) is 10.9 Å². The van der Waals surface area contributed by atoms with E-state index in [0.29, 0.717) is 36.3 Å². The molecule has 2 aromatic carbocycles. The van der Waals surface area contributed by atoms with Crippen molar-refractivity contribution in [3.05, 3.63) is 53.0 Å². The molecule has 216 valence electrons. The van der Waals surface area contributed by atoms with Crippen molar-refractivity contribution in [1.29, 1.82) is 0 Å². The monoisotopic (exact) mass is 776 g/mol. The van der Waals surface area contributed by atoms with E-state index in [9.17, 15) is 19.5 Å². The molecule has 0 radical (unpaired) electrons. The Balaban J connectivity index is 2.07. The number of rotatable bonds is 9. The third-order valence-corrected chi connectivity index (χ3v) is 8.11. The maximum atomic E-state index is 13.5. The van der Waals surface area contributed by atoms with Gasteiger partial charge in [-0.1, -0.05) is 0 Å². The fraction of sp³-hybridized carbons (Fsp3) is 0.429. The van der Waals surface area contributed by atoms with Crippen LogP contribution in [0.3, 0.4) is 0 Å². The highest BCUT2D eigenvalue weighted by Gasteiger charge is 2.31. The predicted molar refractivity (Wildman–Crippen MR) is 173 cm³/mol. The number of halogens is 2. The van der Waals surface area contributed by atoms with Crippen LogP contribution in [0.1, 0.15) is 45.7 Å². The molecular formula is C28H34I2N4O6. The summed E-state index contributed by atoms with van der Waals surface area (Å²) in [6.07, 6.45) is -0.808. The average molecular weight is 776 g/mol. The van der Waals surface area contributed by atoms with Gasteiger partial charge in [-0.05, 0) is 122 Å². The fourth-order valence-electron chi connectivity index (χ4n) is 4.63. The first-order valence-electron chi connectivity index (χ1n) is 12.8. The predicted octanol–water partition coefficient (Wildman–Crippen LogP) is 5.89. The van der Waals surface area contributed by atoms with Gasteiger partial charge in [-0.25, -0.2) is 9.59 Å². The smallest absolute Gasteiger partial charge is 0.412 e. The molecule has 0 aliphatic rings. The van der Waals surface area contributed by atoms with E-state index < -0.39 is 23.3 Å². The molecule has 3 aromatic rings. The SMILES string of the molecule is CCN(CC)C(=O)C(Cc1cc(I)c(OC)c(I)c1)Nc1nc2ccc(N(C(=O)O)C(C)(C)C)c(C)c2c(=O)o1. The van der Waals surface area contributed by atoms with Crippen molar-refractivity contribution < 1.29 is 23.8 Å². The first kappa shape index (κ1) is 31.9. The summed E-state index contributed by atoms with van der Waals surface area (Å²) in [6.45, 7) is 11.9. The van der Waals surface area contributed by atoms with Gasteiger partial charge in [0.1, 0.15) is 11.8 Å². The average Bonchev–Trinajstić information content (AvgIpc) is 2.84. The first-order chi connectivity index (χ1) is 18.7. The molecule has 0 aliphatic heterocycles. The van der Waals surface area contributed by atoms with Gasteiger partial charge in [0.25, 0.3) is 6.01 Å². The second-order valence-corrected chi connectivity index (χ2v) is 12.5. The summed E-state index contributed by atoms with van der Waals surface area (Å²) < 4.78 is 12.9. The van der Waals surface area contributed by atoms with Gasteiger partial charge in [0.15, 0.2) is 0 Å². The number of aromatic nitrogens is 1. The summed E-state index contributed by atoms with van der Waals surface area (Å²) in [5, 5.41) is 13.1. The number of carbonyl (C=O) groups is 2. The molecule has 1 aromatic heterocycles. The minimum atomic E-state index is -1.13. The van der Waals surface area contributed by atoms with E-state index in [-0.39, 0.29) is 17.3 Å². The second kappa shape index (κ2) is 12.9. The third-order valence-electron chi connectivity index (χ3n) is 6.51. The zero-order valence-corrected chi connectivity index (χ0v) is 27.9. The number of benzene rings is 2. The van der Waals surface area contributed by atoms with Crippen molar-refractivity contribution in [2.24, 2.45) is 0 Å². The van der Waals surface area contributed by atoms with Crippen molar-refractivity contribution in [3.8, 4) is 5.75 Å². The zero-order valence-electron chi connectivity index (χ0n) is 23.6. The number of aryl methyl sites for hydroxylation is 1. The summed E-state index contributed by atoms with van der Waals surface area (Å²) in [5.74, 6) is 0.624. The number of fused-ring (bicyclic) bond motifs is 1. The molecule has 1 heterocycles. The Morgan fingerprint density at radius 1 is 1.15 bits per heavy atom. The lowest BCUT2D eigenvalue weighted by Crippen LogP contribution is -2.45. The number of carboxylic acid groups (broad SMARTS) is 1. The van der Waals surface area contributed by atoms with Gasteiger partial charge in [0, 0.05) is 25.0 Å². The Labute approximate surface area is 260 Å². The van der Waals surface area contributed by atoms with Gasteiger partial charge in [-0.15, -0.1) is 0 Å². The molecule has 0 saturated heterocycles. The maximum absolute atomic E-state index is 13.5. The molecule has 0 bridgehead atoms. The van der Waals surface area contributed by atoms with Gasteiger partial charge >= 0.3 is 11.7 Å². The number of nitrogens with zero attached hydrogens (tertiary/aromatic N) is 3. The highest BCUT2D eigenvalue weighted by atomic mass is 127. The molecule has 1 unspecified atom stereocenters. The van der Waals surface area contributed by atoms with E-state index in [1.807, 2.05) is 26.0 Å². The summed E-state index contributed by atoms with van der Waals surface area (Å²) >= 11 is 4.40. The van der Waals surface area contributed by atoms with E-state index in [4.69, 9.17) is 9.15 Å². The number of likely N-dealkylation sites (N-methyl/N-ethyl adjacent to an activating group) is 1. The van der Waals surface area contributed by atoms with Crippen molar-refractivity contribution >= 4 is 79.8 Å². The Kier molecular flexibility index (Phi) is 10.3. The van der Waals surface area contributed by atoms with E-state index in [1.165, 1.54) is 4.90 Å². The molecular weight excluding hydrogens is 742 g/mol. The molecule has 40 heavy (non-hydrogen) atoms. The van der Waals surface area contributed by atoms with Crippen LogP contribution in [0.5, 0.6) is 5.75 Å². The van der Waals surface area contributed by atoms with Gasteiger partial charge in [-0.2, -0.15) is 4.98 Å². The van der Waals surface area contributed by atoms with Crippen LogP contribution in [-0.2, 0) is 11.2 Å². The number of hydrogen-bond donors (Lipinski definition) is 2. The summed E-state index contributed by atoms with van der Waals surface area (Å²) in [7, 11) is 1.62. The Bertz CT molecular complexity index is 1460. The summed E-state index contributed by atoms with van der Waals surface area (Å²) in [4.78, 5) is 46.2. The quantitative estimate of drug-likeness (QED) is 0.258. The maximum Gasteiger partial charge on any atom is 0.412 e. The van der Waals surface area contributed by atoms with Crippen LogP contribution in [-0.4, -0.2) is 58.8 Å². The number of hydrogen-bond acceptors (Lipinski definition) is 7. The van der Waals surface area contributed by atoms with Gasteiger partial charge in [-0.3, -0.25) is 9.69 Å².